The first kappa shape index (κ1) is 16.6. The third kappa shape index (κ3) is 6.36. The number of hydrogen-bond donors (Lipinski definition) is 1. The molecule has 3 heteroatoms. The lowest BCUT2D eigenvalue weighted by atomic mass is 10.0. The fraction of sp³-hybridized carbons (Fsp3) is 1.00. The Balaban J connectivity index is 1.64. The molecule has 20 heavy (non-hydrogen) atoms. The minimum atomic E-state index is 0.556. The van der Waals surface area contributed by atoms with Gasteiger partial charge in [0.25, 0.3) is 0 Å². The lowest BCUT2D eigenvalue weighted by Gasteiger charge is -2.25. The Morgan fingerprint density at radius 3 is 2.70 bits per heavy atom. The van der Waals surface area contributed by atoms with E-state index >= 15 is 0 Å². The Labute approximate surface area is 129 Å². The predicted octanol–water partition coefficient (Wildman–Crippen LogP) is 4.38. The van der Waals surface area contributed by atoms with E-state index < -0.39 is 0 Å². The number of hydrogen-bond acceptors (Lipinski definition) is 3. The third-order valence-corrected chi connectivity index (χ3v) is 6.17. The highest BCUT2D eigenvalue weighted by molar-refractivity contribution is 7.99. The lowest BCUT2D eigenvalue weighted by molar-refractivity contribution is 0.100. The maximum absolute atomic E-state index is 5.77. The Morgan fingerprint density at radius 2 is 2.00 bits per heavy atom. The number of rotatable bonds is 9. The molecule has 1 N–H and O–H groups in total. The molecule has 1 saturated carbocycles. The Morgan fingerprint density at radius 1 is 1.15 bits per heavy atom. The smallest absolute Gasteiger partial charge is 0.0576 e. The number of thioether (sulfide) groups is 1. The Kier molecular flexibility index (Phi) is 8.38. The molecule has 0 radical (unpaired) electrons. The van der Waals surface area contributed by atoms with E-state index in [1.54, 1.807) is 0 Å². The van der Waals surface area contributed by atoms with Crippen LogP contribution in [0.1, 0.15) is 71.1 Å². The van der Waals surface area contributed by atoms with Crippen LogP contribution >= 0.6 is 11.8 Å². The first-order valence-electron chi connectivity index (χ1n) is 8.85. The van der Waals surface area contributed by atoms with Crippen molar-refractivity contribution in [3.63, 3.8) is 0 Å². The summed E-state index contributed by atoms with van der Waals surface area (Å²) in [7, 11) is 0. The van der Waals surface area contributed by atoms with E-state index in [4.69, 9.17) is 4.74 Å². The van der Waals surface area contributed by atoms with Gasteiger partial charge in [0.2, 0.25) is 0 Å². The quantitative estimate of drug-likeness (QED) is 0.682. The summed E-state index contributed by atoms with van der Waals surface area (Å²) in [5, 5.41) is 4.70. The molecule has 2 nitrogen and oxygen atoms in total. The van der Waals surface area contributed by atoms with Gasteiger partial charge in [0.15, 0.2) is 0 Å². The molecule has 1 saturated heterocycles. The van der Waals surface area contributed by atoms with Crippen LogP contribution in [0.15, 0.2) is 0 Å². The van der Waals surface area contributed by atoms with E-state index in [1.807, 2.05) is 0 Å². The van der Waals surface area contributed by atoms with Crippen molar-refractivity contribution in [2.45, 2.75) is 88.5 Å². The SMILES string of the molecule is CCCNC(CCC1CCCO1)CSC1CCCCC1. The Hall–Kier alpha value is 0.270. The fourth-order valence-corrected chi connectivity index (χ4v) is 4.79. The van der Waals surface area contributed by atoms with Gasteiger partial charge in [-0.25, -0.2) is 0 Å². The van der Waals surface area contributed by atoms with Gasteiger partial charge in [0.05, 0.1) is 6.10 Å². The number of nitrogens with one attached hydrogen (secondary N) is 1. The summed E-state index contributed by atoms with van der Waals surface area (Å²) >= 11 is 2.24. The summed E-state index contributed by atoms with van der Waals surface area (Å²) in [6, 6.07) is 0.700. The normalized spacial score (nSPS) is 25.9. The van der Waals surface area contributed by atoms with Crippen molar-refractivity contribution in [1.29, 1.82) is 0 Å². The summed E-state index contributed by atoms with van der Waals surface area (Å²) in [6.45, 7) is 4.42. The molecular formula is C17H33NOS. The van der Waals surface area contributed by atoms with Crippen molar-refractivity contribution in [3.8, 4) is 0 Å². The fourth-order valence-electron chi connectivity index (χ4n) is 3.34. The molecule has 0 aromatic rings. The van der Waals surface area contributed by atoms with Gasteiger partial charge < -0.3 is 10.1 Å². The molecule has 0 bridgehead atoms. The molecule has 0 amide bonds. The molecule has 0 aromatic heterocycles. The molecule has 0 spiro atoms. The van der Waals surface area contributed by atoms with Crippen LogP contribution in [0.3, 0.4) is 0 Å². The van der Waals surface area contributed by atoms with Crippen molar-refractivity contribution < 1.29 is 4.74 Å². The first-order valence-corrected chi connectivity index (χ1v) is 9.90. The molecule has 1 aliphatic carbocycles. The van der Waals surface area contributed by atoms with Crippen LogP contribution in [0.25, 0.3) is 0 Å². The van der Waals surface area contributed by atoms with Crippen LogP contribution in [0.4, 0.5) is 0 Å². The predicted molar refractivity (Wildman–Crippen MR) is 89.6 cm³/mol. The van der Waals surface area contributed by atoms with Gasteiger partial charge in [-0.1, -0.05) is 26.2 Å². The second kappa shape index (κ2) is 10.1. The van der Waals surface area contributed by atoms with E-state index in [9.17, 15) is 0 Å². The topological polar surface area (TPSA) is 21.3 Å². The standard InChI is InChI=1S/C17H33NOS/c1-2-12-18-15(10-11-16-7-6-13-19-16)14-20-17-8-4-3-5-9-17/h15-18H,2-14H2,1H3. The average Bonchev–Trinajstić information content (AvgIpc) is 3.01. The van der Waals surface area contributed by atoms with Gasteiger partial charge in [-0.3, -0.25) is 0 Å². The maximum Gasteiger partial charge on any atom is 0.0576 e. The average molecular weight is 300 g/mol. The molecular weight excluding hydrogens is 266 g/mol. The molecule has 1 aliphatic heterocycles. The second-order valence-electron chi connectivity index (χ2n) is 6.46. The highest BCUT2D eigenvalue weighted by Gasteiger charge is 2.20. The molecule has 0 aromatic carbocycles. The molecule has 2 rings (SSSR count). The highest BCUT2D eigenvalue weighted by atomic mass is 32.2. The summed E-state index contributed by atoms with van der Waals surface area (Å²) in [6.07, 6.45) is 14.2. The summed E-state index contributed by atoms with van der Waals surface area (Å²) in [5.41, 5.74) is 0. The first-order chi connectivity index (χ1) is 9.88. The largest absolute Gasteiger partial charge is 0.378 e. The van der Waals surface area contributed by atoms with Gasteiger partial charge in [-0.15, -0.1) is 0 Å². The van der Waals surface area contributed by atoms with Crippen LogP contribution in [-0.2, 0) is 4.74 Å². The van der Waals surface area contributed by atoms with Gasteiger partial charge in [0, 0.05) is 23.7 Å². The second-order valence-corrected chi connectivity index (χ2v) is 7.79. The van der Waals surface area contributed by atoms with E-state index in [1.165, 1.54) is 76.5 Å². The molecule has 118 valence electrons. The van der Waals surface area contributed by atoms with Gasteiger partial charge >= 0.3 is 0 Å². The van der Waals surface area contributed by atoms with Crippen molar-refractivity contribution in [1.82, 2.24) is 5.32 Å². The minimum Gasteiger partial charge on any atom is -0.378 e. The molecule has 2 fully saturated rings. The highest BCUT2D eigenvalue weighted by Crippen LogP contribution is 2.29. The van der Waals surface area contributed by atoms with Crippen molar-refractivity contribution in [2.24, 2.45) is 0 Å². The van der Waals surface area contributed by atoms with Gasteiger partial charge in [-0.2, -0.15) is 11.8 Å². The van der Waals surface area contributed by atoms with E-state index in [2.05, 4.69) is 24.0 Å². The third-order valence-electron chi connectivity index (χ3n) is 4.63. The Bertz CT molecular complexity index is 237. The molecule has 2 aliphatic rings. The van der Waals surface area contributed by atoms with E-state index in [-0.39, 0.29) is 0 Å². The lowest BCUT2D eigenvalue weighted by Crippen LogP contribution is -2.33. The maximum atomic E-state index is 5.77. The zero-order valence-corrected chi connectivity index (χ0v) is 14.1. The van der Waals surface area contributed by atoms with Crippen LogP contribution < -0.4 is 5.32 Å². The summed E-state index contributed by atoms with van der Waals surface area (Å²) in [5.74, 6) is 1.30. The van der Waals surface area contributed by atoms with Crippen LogP contribution in [0.5, 0.6) is 0 Å². The van der Waals surface area contributed by atoms with Crippen LogP contribution in [0, 0.1) is 0 Å². The zero-order valence-electron chi connectivity index (χ0n) is 13.2. The monoisotopic (exact) mass is 299 g/mol. The van der Waals surface area contributed by atoms with Gasteiger partial charge in [0.1, 0.15) is 0 Å². The minimum absolute atomic E-state index is 0.556. The molecule has 2 atom stereocenters. The number of ether oxygens (including phenoxy) is 1. The van der Waals surface area contributed by atoms with Crippen molar-refractivity contribution >= 4 is 11.8 Å². The molecule has 2 unspecified atom stereocenters. The van der Waals surface area contributed by atoms with Crippen LogP contribution in [0.2, 0.25) is 0 Å². The van der Waals surface area contributed by atoms with Crippen LogP contribution in [-0.4, -0.2) is 36.3 Å². The molecule has 1 heterocycles. The van der Waals surface area contributed by atoms with E-state index in [0.29, 0.717) is 12.1 Å². The summed E-state index contributed by atoms with van der Waals surface area (Å²) in [4.78, 5) is 0. The van der Waals surface area contributed by atoms with E-state index in [0.717, 1.165) is 11.9 Å². The van der Waals surface area contributed by atoms with Crippen molar-refractivity contribution in [3.05, 3.63) is 0 Å². The zero-order chi connectivity index (χ0) is 14.0. The van der Waals surface area contributed by atoms with Crippen molar-refractivity contribution in [2.75, 3.05) is 18.9 Å². The van der Waals surface area contributed by atoms with Gasteiger partial charge in [-0.05, 0) is 51.5 Å². The summed E-state index contributed by atoms with van der Waals surface area (Å²) < 4.78 is 5.77.